The molecule has 3 rings (SSSR count). The summed E-state index contributed by atoms with van der Waals surface area (Å²) in [6, 6.07) is 21.7. The van der Waals surface area contributed by atoms with Crippen molar-refractivity contribution in [2.75, 3.05) is 17.1 Å². The van der Waals surface area contributed by atoms with Gasteiger partial charge in [0.2, 0.25) is 21.8 Å². The first kappa shape index (κ1) is 31.8. The predicted octanol–water partition coefficient (Wildman–Crippen LogP) is 5.24. The summed E-state index contributed by atoms with van der Waals surface area (Å²) >= 11 is 0. The van der Waals surface area contributed by atoms with Crippen molar-refractivity contribution in [3.63, 3.8) is 0 Å². The summed E-state index contributed by atoms with van der Waals surface area (Å²) in [6.07, 6.45) is 2.30. The number of anilines is 1. The molecule has 0 aliphatic carbocycles. The summed E-state index contributed by atoms with van der Waals surface area (Å²) < 4.78 is 41.2. The van der Waals surface area contributed by atoms with Crippen LogP contribution in [0.1, 0.15) is 49.8 Å². The summed E-state index contributed by atoms with van der Waals surface area (Å²) in [7, 11) is -3.60. The van der Waals surface area contributed by atoms with Crippen LogP contribution in [0, 0.1) is 12.7 Å². The molecule has 0 aromatic heterocycles. The van der Waals surface area contributed by atoms with E-state index in [0.29, 0.717) is 17.7 Å². The first-order chi connectivity index (χ1) is 19.5. The van der Waals surface area contributed by atoms with Crippen LogP contribution in [0.5, 0.6) is 0 Å². The number of amides is 2. The van der Waals surface area contributed by atoms with Crippen LogP contribution in [0.4, 0.5) is 10.1 Å². The number of hydrogen-bond acceptors (Lipinski definition) is 4. The van der Waals surface area contributed by atoms with E-state index in [-0.39, 0.29) is 50.2 Å². The van der Waals surface area contributed by atoms with Gasteiger partial charge in [-0.1, -0.05) is 73.2 Å². The molecular formula is C32H40FN3O4S. The summed E-state index contributed by atoms with van der Waals surface area (Å²) in [4.78, 5) is 28.8. The third kappa shape index (κ3) is 9.42. The second-order valence-electron chi connectivity index (χ2n) is 10.4. The Morgan fingerprint density at radius 2 is 1.59 bits per heavy atom. The number of benzene rings is 3. The molecule has 220 valence electrons. The second kappa shape index (κ2) is 14.8. The number of aryl methyl sites for hydroxylation is 1. The summed E-state index contributed by atoms with van der Waals surface area (Å²) in [5.41, 5.74) is 2.68. The maximum Gasteiger partial charge on any atom is 0.243 e. The van der Waals surface area contributed by atoms with Crippen molar-refractivity contribution in [2.45, 2.75) is 65.1 Å². The van der Waals surface area contributed by atoms with E-state index in [0.717, 1.165) is 17.4 Å². The van der Waals surface area contributed by atoms with Crippen LogP contribution in [0.25, 0.3) is 0 Å². The molecule has 9 heteroatoms. The highest BCUT2D eigenvalue weighted by Crippen LogP contribution is 2.21. The fourth-order valence-corrected chi connectivity index (χ4v) is 5.49. The van der Waals surface area contributed by atoms with Crippen LogP contribution < -0.4 is 9.62 Å². The number of carbonyl (C=O) groups is 2. The van der Waals surface area contributed by atoms with Crippen LogP contribution in [0.15, 0.2) is 78.9 Å². The highest BCUT2D eigenvalue weighted by atomic mass is 32.2. The number of halogens is 1. The van der Waals surface area contributed by atoms with Crippen molar-refractivity contribution < 1.29 is 22.4 Å². The van der Waals surface area contributed by atoms with Gasteiger partial charge in [0.1, 0.15) is 11.9 Å². The van der Waals surface area contributed by atoms with Crippen molar-refractivity contribution in [1.82, 2.24) is 10.2 Å². The molecule has 2 atom stereocenters. The Labute approximate surface area is 243 Å². The highest BCUT2D eigenvalue weighted by Gasteiger charge is 2.31. The van der Waals surface area contributed by atoms with E-state index in [1.807, 2.05) is 63.2 Å². The Morgan fingerprint density at radius 3 is 2.20 bits per heavy atom. The van der Waals surface area contributed by atoms with Crippen LogP contribution in [-0.2, 0) is 32.6 Å². The molecule has 1 N–H and O–H groups in total. The fourth-order valence-electron chi connectivity index (χ4n) is 4.52. The van der Waals surface area contributed by atoms with Crippen molar-refractivity contribution >= 4 is 27.5 Å². The molecule has 0 saturated heterocycles. The van der Waals surface area contributed by atoms with Crippen molar-refractivity contribution in [1.29, 1.82) is 0 Å². The van der Waals surface area contributed by atoms with E-state index in [2.05, 4.69) is 5.32 Å². The fraction of sp³-hybridized carbons (Fsp3) is 0.375. The van der Waals surface area contributed by atoms with E-state index in [9.17, 15) is 22.4 Å². The van der Waals surface area contributed by atoms with E-state index in [1.165, 1.54) is 15.3 Å². The molecule has 0 aliphatic rings. The van der Waals surface area contributed by atoms with E-state index in [1.54, 1.807) is 30.3 Å². The summed E-state index contributed by atoms with van der Waals surface area (Å²) in [6.45, 7) is 5.77. The highest BCUT2D eigenvalue weighted by molar-refractivity contribution is 7.92. The molecule has 0 heterocycles. The normalized spacial score (nSPS) is 12.8. The Balaban J connectivity index is 1.89. The lowest BCUT2D eigenvalue weighted by Crippen LogP contribution is -2.52. The Kier molecular flexibility index (Phi) is 11.5. The Hall–Kier alpha value is -3.72. The topological polar surface area (TPSA) is 86.8 Å². The smallest absolute Gasteiger partial charge is 0.243 e. The van der Waals surface area contributed by atoms with E-state index >= 15 is 0 Å². The minimum Gasteiger partial charge on any atom is -0.352 e. The lowest BCUT2D eigenvalue weighted by atomic mass is 10.0. The predicted molar refractivity (Wildman–Crippen MR) is 161 cm³/mol. The van der Waals surface area contributed by atoms with Crippen LogP contribution in [-0.4, -0.2) is 50.0 Å². The van der Waals surface area contributed by atoms with Gasteiger partial charge in [-0.15, -0.1) is 0 Å². The van der Waals surface area contributed by atoms with Crippen LogP contribution in [0.3, 0.4) is 0 Å². The lowest BCUT2D eigenvalue weighted by Gasteiger charge is -2.33. The average molecular weight is 582 g/mol. The third-order valence-electron chi connectivity index (χ3n) is 7.04. The van der Waals surface area contributed by atoms with Gasteiger partial charge in [-0.2, -0.15) is 0 Å². The van der Waals surface area contributed by atoms with Crippen LogP contribution >= 0.6 is 0 Å². The molecule has 7 nitrogen and oxygen atoms in total. The molecule has 0 spiro atoms. The van der Waals surface area contributed by atoms with Gasteiger partial charge >= 0.3 is 0 Å². The molecule has 2 amide bonds. The van der Waals surface area contributed by atoms with Gasteiger partial charge in [0.15, 0.2) is 0 Å². The zero-order chi connectivity index (χ0) is 30.0. The number of nitrogens with one attached hydrogen (secondary N) is 1. The molecule has 0 fully saturated rings. The standard InChI is InChI=1S/C32H40FN3O4S/c1-5-25(3)34-32(38)30(22-26-12-7-6-8-13-26)35(23-27-14-9-10-15-29(27)33)31(37)16-11-21-36(41(4,39)40)28-19-17-24(2)18-20-28/h6-10,12-15,17-20,25,30H,5,11,16,21-23H2,1-4H3,(H,34,38)/t25-,30-/m1/s1. The van der Waals surface area contributed by atoms with Crippen molar-refractivity contribution in [3.8, 4) is 0 Å². The number of carbonyl (C=O) groups excluding carboxylic acids is 2. The molecule has 41 heavy (non-hydrogen) atoms. The van der Waals surface area contributed by atoms with Gasteiger partial charge < -0.3 is 10.2 Å². The SMILES string of the molecule is CC[C@@H](C)NC(=O)[C@@H](Cc1ccccc1)N(Cc1ccccc1F)C(=O)CCCN(c1ccc(C)cc1)S(C)(=O)=O. The molecule has 0 radical (unpaired) electrons. The maximum absolute atomic E-state index is 14.8. The zero-order valence-corrected chi connectivity index (χ0v) is 25.0. The van der Waals surface area contributed by atoms with Gasteiger partial charge in [-0.25, -0.2) is 12.8 Å². The first-order valence-corrected chi connectivity index (χ1v) is 15.8. The van der Waals surface area contributed by atoms with Gasteiger partial charge in [0, 0.05) is 37.5 Å². The largest absolute Gasteiger partial charge is 0.352 e. The van der Waals surface area contributed by atoms with Gasteiger partial charge in [0.25, 0.3) is 0 Å². The Morgan fingerprint density at radius 1 is 0.951 bits per heavy atom. The molecule has 0 aliphatic heterocycles. The number of nitrogens with zero attached hydrogens (tertiary/aromatic N) is 2. The minimum absolute atomic E-state index is 0.0196. The quantitative estimate of drug-likeness (QED) is 0.282. The third-order valence-corrected chi connectivity index (χ3v) is 8.24. The number of sulfonamides is 1. The molecule has 3 aromatic carbocycles. The molecule has 0 bridgehead atoms. The molecule has 3 aromatic rings. The number of hydrogen-bond donors (Lipinski definition) is 1. The lowest BCUT2D eigenvalue weighted by molar-refractivity contribution is -0.141. The van der Waals surface area contributed by atoms with Gasteiger partial charge in [-0.05, 0) is 50.5 Å². The number of rotatable bonds is 14. The average Bonchev–Trinajstić information content (AvgIpc) is 2.94. The van der Waals surface area contributed by atoms with E-state index < -0.39 is 21.9 Å². The Bertz CT molecular complexity index is 1400. The van der Waals surface area contributed by atoms with Crippen molar-refractivity contribution in [2.24, 2.45) is 0 Å². The first-order valence-electron chi connectivity index (χ1n) is 13.9. The monoisotopic (exact) mass is 581 g/mol. The minimum atomic E-state index is -3.60. The van der Waals surface area contributed by atoms with Crippen molar-refractivity contribution in [3.05, 3.63) is 101 Å². The van der Waals surface area contributed by atoms with E-state index in [4.69, 9.17) is 0 Å². The molecule has 0 unspecified atom stereocenters. The van der Waals surface area contributed by atoms with Crippen LogP contribution in [0.2, 0.25) is 0 Å². The van der Waals surface area contributed by atoms with Gasteiger partial charge in [-0.3, -0.25) is 13.9 Å². The maximum atomic E-state index is 14.8. The summed E-state index contributed by atoms with van der Waals surface area (Å²) in [5, 5.41) is 2.99. The molecule has 0 saturated carbocycles. The molecular weight excluding hydrogens is 541 g/mol. The summed E-state index contributed by atoms with van der Waals surface area (Å²) in [5.74, 6) is -1.13. The zero-order valence-electron chi connectivity index (χ0n) is 24.2. The second-order valence-corrected chi connectivity index (χ2v) is 12.3. The van der Waals surface area contributed by atoms with Gasteiger partial charge in [0.05, 0.1) is 11.9 Å².